The van der Waals surface area contributed by atoms with E-state index in [4.69, 9.17) is 14.2 Å². The molecule has 65 heavy (non-hydrogen) atoms. The number of amides is 1. The second-order valence-electron chi connectivity index (χ2n) is 19.6. The molecule has 1 unspecified atom stereocenters. The maximum absolute atomic E-state index is 15.5. The molecule has 4 aromatic rings. The summed E-state index contributed by atoms with van der Waals surface area (Å²) in [4.78, 5) is 53.6. The summed E-state index contributed by atoms with van der Waals surface area (Å²) >= 11 is 0. The molecule has 12 heteroatoms. The molecule has 6 heterocycles. The van der Waals surface area contributed by atoms with Gasteiger partial charge in [0.15, 0.2) is 0 Å². The van der Waals surface area contributed by atoms with Gasteiger partial charge < -0.3 is 34.5 Å². The maximum atomic E-state index is 15.5. The number of nitrogens with one attached hydrogen (secondary N) is 2. The predicted molar refractivity (Wildman–Crippen MR) is 250 cm³/mol. The number of rotatable bonds is 10. The number of likely N-dealkylation sites (N-methyl/N-ethyl adjacent to an activating group) is 1. The van der Waals surface area contributed by atoms with E-state index in [1.807, 2.05) is 43.4 Å². The predicted octanol–water partition coefficient (Wildman–Crippen LogP) is 5.98. The van der Waals surface area contributed by atoms with Gasteiger partial charge in [-0.25, -0.2) is 0 Å². The zero-order valence-corrected chi connectivity index (χ0v) is 38.6. The van der Waals surface area contributed by atoms with Crippen molar-refractivity contribution in [3.63, 3.8) is 0 Å². The molecule has 0 radical (unpaired) electrons. The van der Waals surface area contributed by atoms with Gasteiger partial charge >= 0.3 is 11.9 Å². The first kappa shape index (κ1) is 43.5. The summed E-state index contributed by atoms with van der Waals surface area (Å²) in [6.45, 7) is 9.58. The third-order valence-electron chi connectivity index (χ3n) is 16.4. The fourth-order valence-corrected chi connectivity index (χ4v) is 14.1. The van der Waals surface area contributed by atoms with E-state index in [9.17, 15) is 14.7 Å². The number of methoxy groups -OCH3 is 2. The van der Waals surface area contributed by atoms with Gasteiger partial charge in [-0.2, -0.15) is 0 Å². The standard InChI is InChI=1S/C53H63N5O7/c1-7-34-25-36-29-52(49(61)64-6,45-38(19-23-57(30-34)31-36)37-17-12-13-18-41(37)55-45)40-27-39-42(28-43(40)63-5)56(4)47-51(39)21-24-58-22-14-20-50(8-2,46(51)58)48(65-33(3)59)53(47,62)32-54-44(60)26-35-15-10-9-11-16-35/h9-18,20,25,27-28,36,46-48,55,62H,7-8,19,21-24,26,29-32H2,1-6H3,(H,54,60)/t36-,46+,47-,48-,50-,51-,52+,53+/m1/s1. The molecule has 5 aliphatic heterocycles. The van der Waals surface area contributed by atoms with Crippen molar-refractivity contribution in [2.45, 2.75) is 93.9 Å². The van der Waals surface area contributed by atoms with Crippen LogP contribution in [0.4, 0.5) is 5.69 Å². The smallest absolute Gasteiger partial charge is 0.322 e. The quantitative estimate of drug-likeness (QED) is 0.129. The highest BCUT2D eigenvalue weighted by molar-refractivity contribution is 5.94. The highest BCUT2D eigenvalue weighted by Crippen LogP contribution is 2.68. The van der Waals surface area contributed by atoms with Crippen LogP contribution in [-0.4, -0.2) is 122 Å². The highest BCUT2D eigenvalue weighted by Gasteiger charge is 2.78. The lowest BCUT2D eigenvalue weighted by atomic mass is 9.47. The van der Waals surface area contributed by atoms with Crippen molar-refractivity contribution in [1.82, 2.24) is 20.1 Å². The lowest BCUT2D eigenvalue weighted by molar-refractivity contribution is -0.217. The number of para-hydroxylation sites is 1. The molecule has 2 bridgehead atoms. The average Bonchev–Trinajstić information content (AvgIpc) is 3.98. The molecule has 12 nitrogen and oxygen atoms in total. The van der Waals surface area contributed by atoms with E-state index in [1.165, 1.54) is 19.6 Å². The van der Waals surface area contributed by atoms with Crippen molar-refractivity contribution in [3.05, 3.63) is 118 Å². The van der Waals surface area contributed by atoms with E-state index in [0.717, 1.165) is 83.6 Å². The number of aromatic nitrogens is 1. The second kappa shape index (κ2) is 16.2. The van der Waals surface area contributed by atoms with Crippen LogP contribution in [0.1, 0.15) is 74.4 Å². The molecule has 6 aliphatic rings. The Hall–Kier alpha value is -5.43. The summed E-state index contributed by atoms with van der Waals surface area (Å²) in [5.41, 5.74) is 3.02. The number of carbonyl (C=O) groups excluding carboxylic acids is 3. The number of hydrogen-bond donors (Lipinski definition) is 3. The van der Waals surface area contributed by atoms with Crippen molar-refractivity contribution < 1.29 is 33.7 Å². The number of H-pyrrole nitrogens is 1. The monoisotopic (exact) mass is 881 g/mol. The number of aromatic amines is 1. The van der Waals surface area contributed by atoms with Crippen LogP contribution in [0.15, 0.2) is 90.5 Å². The zero-order chi connectivity index (χ0) is 45.5. The van der Waals surface area contributed by atoms with Gasteiger partial charge in [-0.1, -0.05) is 86.2 Å². The number of hydrogen-bond acceptors (Lipinski definition) is 10. The van der Waals surface area contributed by atoms with Gasteiger partial charge in [-0.15, -0.1) is 0 Å². The molecule has 1 aliphatic carbocycles. The minimum absolute atomic E-state index is 0.0312. The fourth-order valence-electron chi connectivity index (χ4n) is 14.1. The fraction of sp³-hybridized carbons (Fsp3) is 0.491. The Labute approximate surface area is 382 Å². The summed E-state index contributed by atoms with van der Waals surface area (Å²) in [6, 6.07) is 21.3. The van der Waals surface area contributed by atoms with E-state index in [2.05, 4.69) is 87.4 Å². The Kier molecular flexibility index (Phi) is 10.8. The minimum atomic E-state index is -1.78. The van der Waals surface area contributed by atoms with Gasteiger partial charge in [-0.05, 0) is 73.4 Å². The highest BCUT2D eigenvalue weighted by atomic mass is 16.6. The van der Waals surface area contributed by atoms with E-state index in [0.29, 0.717) is 31.6 Å². The van der Waals surface area contributed by atoms with Gasteiger partial charge in [0.2, 0.25) is 5.91 Å². The molecule has 1 saturated carbocycles. The molecule has 10 rings (SSSR count). The summed E-state index contributed by atoms with van der Waals surface area (Å²) < 4.78 is 19.0. The van der Waals surface area contributed by atoms with Crippen LogP contribution in [-0.2, 0) is 47.5 Å². The zero-order valence-electron chi connectivity index (χ0n) is 38.6. The number of anilines is 1. The molecule has 2 fully saturated rings. The van der Waals surface area contributed by atoms with Crippen molar-refractivity contribution >= 4 is 34.4 Å². The number of carbonyl (C=O) groups is 3. The summed E-state index contributed by atoms with van der Waals surface area (Å²) in [7, 11) is 5.15. The van der Waals surface area contributed by atoms with Gasteiger partial charge in [0.25, 0.3) is 0 Å². The Morgan fingerprint density at radius 2 is 1.77 bits per heavy atom. The van der Waals surface area contributed by atoms with Crippen LogP contribution in [0, 0.1) is 11.3 Å². The van der Waals surface area contributed by atoms with Gasteiger partial charge in [0.05, 0.1) is 33.2 Å². The van der Waals surface area contributed by atoms with Gasteiger partial charge in [0.1, 0.15) is 22.9 Å². The Morgan fingerprint density at radius 1 is 0.985 bits per heavy atom. The summed E-state index contributed by atoms with van der Waals surface area (Å²) in [6.07, 6.45) is 9.22. The number of benzene rings is 3. The van der Waals surface area contributed by atoms with Crippen molar-refractivity contribution in [2.75, 3.05) is 65.4 Å². The van der Waals surface area contributed by atoms with Crippen LogP contribution in [0.2, 0.25) is 0 Å². The van der Waals surface area contributed by atoms with E-state index in [-0.39, 0.29) is 36.8 Å². The van der Waals surface area contributed by atoms with Crippen molar-refractivity contribution in [2.24, 2.45) is 11.3 Å². The number of aliphatic hydroxyl groups is 1. The molecule has 1 aromatic heterocycles. The molecule has 9 atom stereocenters. The molecule has 1 saturated heterocycles. The first-order valence-electron chi connectivity index (χ1n) is 23.6. The number of nitrogens with zero attached hydrogens (tertiary/aromatic N) is 3. The summed E-state index contributed by atoms with van der Waals surface area (Å²) in [5.74, 6) is -0.515. The van der Waals surface area contributed by atoms with Crippen LogP contribution in [0.5, 0.6) is 5.75 Å². The molecule has 3 N–H and O–H groups in total. The largest absolute Gasteiger partial charge is 0.496 e. The lowest BCUT2D eigenvalue weighted by Gasteiger charge is -2.64. The Balaban J connectivity index is 1.22. The normalized spacial score (nSPS) is 32.2. The van der Waals surface area contributed by atoms with Crippen molar-refractivity contribution in [3.8, 4) is 5.75 Å². The van der Waals surface area contributed by atoms with E-state index < -0.39 is 40.0 Å². The summed E-state index contributed by atoms with van der Waals surface area (Å²) in [5, 5.41) is 18.2. The molecule has 1 spiro atoms. The van der Waals surface area contributed by atoms with Gasteiger partial charge in [-0.3, -0.25) is 24.2 Å². The number of fused-ring (bicyclic) bond motifs is 6. The van der Waals surface area contributed by atoms with Gasteiger partial charge in [0, 0.05) is 90.9 Å². The molecule has 342 valence electrons. The number of esters is 2. The molecular formula is C53H63N5O7. The first-order valence-corrected chi connectivity index (χ1v) is 23.6. The number of ether oxygens (including phenoxy) is 3. The SMILES string of the molecule is CCC1=C[C@H]2CN(CCc3c([nH]c4ccccc34)[C@@](C(=O)OC)(c3cc4c(cc3OC)N(C)[C@H]3[C@@](O)(CNC(=O)Cc5ccccc5)[C@H](OC(C)=O)[C@]5(CC)C=CCN6CC[C@]43[C@@H]65)C2)C1. The molecular weight excluding hydrogens is 819 g/mol. The topological polar surface area (TPSA) is 137 Å². The van der Waals surface area contributed by atoms with Crippen LogP contribution < -0.4 is 15.0 Å². The Bertz CT molecular complexity index is 2610. The molecule has 1 amide bonds. The maximum Gasteiger partial charge on any atom is 0.322 e. The van der Waals surface area contributed by atoms with Crippen molar-refractivity contribution in [1.29, 1.82) is 0 Å². The van der Waals surface area contributed by atoms with E-state index in [1.54, 1.807) is 7.11 Å². The van der Waals surface area contributed by atoms with Crippen LogP contribution in [0.25, 0.3) is 10.9 Å². The second-order valence-corrected chi connectivity index (χ2v) is 19.6. The lowest BCUT2D eigenvalue weighted by Crippen LogP contribution is -2.81. The van der Waals surface area contributed by atoms with E-state index >= 15 is 4.79 Å². The first-order chi connectivity index (χ1) is 31.4. The molecule has 3 aromatic carbocycles. The third kappa shape index (κ3) is 6.37. The van der Waals surface area contributed by atoms with Crippen LogP contribution in [0.3, 0.4) is 0 Å². The third-order valence-corrected chi connectivity index (χ3v) is 16.4. The minimum Gasteiger partial charge on any atom is -0.496 e. The van der Waals surface area contributed by atoms with Crippen LogP contribution >= 0.6 is 0 Å². The average molecular weight is 882 g/mol. The Morgan fingerprint density at radius 3 is 2.51 bits per heavy atom.